The van der Waals surface area contributed by atoms with E-state index in [4.69, 9.17) is 4.74 Å². The average Bonchev–Trinajstić information content (AvgIpc) is 2.85. The Morgan fingerprint density at radius 2 is 2.25 bits per heavy atom. The number of carbonyl (C=O) groups is 1. The van der Waals surface area contributed by atoms with Crippen LogP contribution in [0.15, 0.2) is 0 Å². The maximum Gasteiger partial charge on any atom is 0.251 e. The van der Waals surface area contributed by atoms with Crippen molar-refractivity contribution in [3.8, 4) is 0 Å². The first-order valence-electron chi connectivity index (χ1n) is 6.43. The van der Waals surface area contributed by atoms with Crippen LogP contribution in [-0.2, 0) is 9.53 Å². The molecule has 0 radical (unpaired) electrons. The Labute approximate surface area is 98.1 Å². The largest absolute Gasteiger partial charge is 0.368 e. The minimum Gasteiger partial charge on any atom is -0.368 e. The molecule has 0 saturated carbocycles. The molecule has 0 bridgehead atoms. The van der Waals surface area contributed by atoms with Crippen LogP contribution in [0.2, 0.25) is 0 Å². The van der Waals surface area contributed by atoms with E-state index in [9.17, 15) is 4.79 Å². The van der Waals surface area contributed by atoms with Crippen LogP contribution in [-0.4, -0.2) is 36.6 Å². The zero-order valence-corrected chi connectivity index (χ0v) is 10.7. The smallest absolute Gasteiger partial charge is 0.251 e. The van der Waals surface area contributed by atoms with Gasteiger partial charge in [-0.3, -0.25) is 4.79 Å². The molecule has 0 unspecified atom stereocenters. The molecule has 0 aromatic rings. The SMILES string of the molecule is CC(C)[C@@]1(C)CCN(C(=O)[C@H]2CCCO2)C1. The predicted molar refractivity (Wildman–Crippen MR) is 63.1 cm³/mol. The molecule has 3 nitrogen and oxygen atoms in total. The number of amides is 1. The van der Waals surface area contributed by atoms with Gasteiger partial charge in [-0.05, 0) is 30.6 Å². The monoisotopic (exact) mass is 225 g/mol. The maximum absolute atomic E-state index is 12.2. The molecule has 2 fully saturated rings. The Bertz CT molecular complexity index is 271. The summed E-state index contributed by atoms with van der Waals surface area (Å²) in [6.45, 7) is 9.36. The highest BCUT2D eigenvalue weighted by Gasteiger charge is 2.40. The van der Waals surface area contributed by atoms with E-state index < -0.39 is 0 Å². The van der Waals surface area contributed by atoms with Crippen LogP contribution >= 0.6 is 0 Å². The van der Waals surface area contributed by atoms with Crippen LogP contribution in [0.1, 0.15) is 40.0 Å². The van der Waals surface area contributed by atoms with Gasteiger partial charge >= 0.3 is 0 Å². The summed E-state index contributed by atoms with van der Waals surface area (Å²) in [5.74, 6) is 0.858. The summed E-state index contributed by atoms with van der Waals surface area (Å²) in [6, 6.07) is 0. The number of hydrogen-bond donors (Lipinski definition) is 0. The first kappa shape index (κ1) is 11.9. The number of carbonyl (C=O) groups excluding carboxylic acids is 1. The van der Waals surface area contributed by atoms with Crippen LogP contribution in [0.5, 0.6) is 0 Å². The van der Waals surface area contributed by atoms with E-state index in [2.05, 4.69) is 20.8 Å². The van der Waals surface area contributed by atoms with Gasteiger partial charge in [0.15, 0.2) is 0 Å². The molecular formula is C13H23NO2. The van der Waals surface area contributed by atoms with E-state index in [-0.39, 0.29) is 12.0 Å². The number of nitrogens with zero attached hydrogens (tertiary/aromatic N) is 1. The van der Waals surface area contributed by atoms with Gasteiger partial charge in [-0.25, -0.2) is 0 Å². The number of hydrogen-bond acceptors (Lipinski definition) is 2. The molecule has 0 spiro atoms. The summed E-state index contributed by atoms with van der Waals surface area (Å²) in [7, 11) is 0. The van der Waals surface area contributed by atoms with Crippen LogP contribution in [0, 0.1) is 11.3 Å². The normalized spacial score (nSPS) is 35.0. The highest BCUT2D eigenvalue weighted by Crippen LogP contribution is 2.37. The molecule has 3 heteroatoms. The van der Waals surface area contributed by atoms with E-state index in [0.717, 1.165) is 39.0 Å². The van der Waals surface area contributed by atoms with Crippen molar-refractivity contribution in [2.75, 3.05) is 19.7 Å². The van der Waals surface area contributed by atoms with E-state index in [1.165, 1.54) is 0 Å². The third kappa shape index (κ3) is 2.10. The zero-order chi connectivity index (χ0) is 11.8. The second-order valence-corrected chi connectivity index (χ2v) is 5.82. The lowest BCUT2D eigenvalue weighted by Gasteiger charge is -2.29. The Morgan fingerprint density at radius 1 is 1.50 bits per heavy atom. The first-order chi connectivity index (χ1) is 7.53. The molecular weight excluding hydrogens is 202 g/mol. The molecule has 2 saturated heterocycles. The highest BCUT2D eigenvalue weighted by atomic mass is 16.5. The minimum absolute atomic E-state index is 0.144. The van der Waals surface area contributed by atoms with Crippen molar-refractivity contribution >= 4 is 5.91 Å². The van der Waals surface area contributed by atoms with Crippen LogP contribution in [0.25, 0.3) is 0 Å². The van der Waals surface area contributed by atoms with Crippen LogP contribution < -0.4 is 0 Å². The van der Waals surface area contributed by atoms with Gasteiger partial charge in [-0.15, -0.1) is 0 Å². The Morgan fingerprint density at radius 3 is 2.75 bits per heavy atom. The van der Waals surface area contributed by atoms with E-state index >= 15 is 0 Å². The molecule has 2 heterocycles. The summed E-state index contributed by atoms with van der Waals surface area (Å²) in [5, 5.41) is 0. The summed E-state index contributed by atoms with van der Waals surface area (Å²) < 4.78 is 5.46. The van der Waals surface area contributed by atoms with Gasteiger partial charge in [-0.1, -0.05) is 20.8 Å². The lowest BCUT2D eigenvalue weighted by molar-refractivity contribution is -0.140. The lowest BCUT2D eigenvalue weighted by atomic mass is 9.78. The lowest BCUT2D eigenvalue weighted by Crippen LogP contribution is -2.39. The average molecular weight is 225 g/mol. The molecule has 1 amide bonds. The standard InChI is InChI=1S/C13H23NO2/c1-10(2)13(3)6-7-14(9-13)12(15)11-5-4-8-16-11/h10-11H,4-9H2,1-3H3/t11-,13+/m1/s1. The Kier molecular flexibility index (Phi) is 3.24. The van der Waals surface area contributed by atoms with Crippen molar-refractivity contribution in [3.05, 3.63) is 0 Å². The molecule has 0 aromatic heterocycles. The minimum atomic E-state index is -0.144. The van der Waals surface area contributed by atoms with Crippen LogP contribution in [0.4, 0.5) is 0 Å². The van der Waals surface area contributed by atoms with Gasteiger partial charge in [-0.2, -0.15) is 0 Å². The summed E-state index contributed by atoms with van der Waals surface area (Å²) >= 11 is 0. The quantitative estimate of drug-likeness (QED) is 0.720. The summed E-state index contributed by atoms with van der Waals surface area (Å²) in [4.78, 5) is 14.2. The third-order valence-corrected chi connectivity index (χ3v) is 4.42. The Hall–Kier alpha value is -0.570. The number of ether oxygens (including phenoxy) is 1. The van der Waals surface area contributed by atoms with Crippen molar-refractivity contribution in [1.82, 2.24) is 4.90 Å². The van der Waals surface area contributed by atoms with Gasteiger partial charge < -0.3 is 9.64 Å². The van der Waals surface area contributed by atoms with Gasteiger partial charge in [0.05, 0.1) is 0 Å². The van der Waals surface area contributed by atoms with Gasteiger partial charge in [0.2, 0.25) is 0 Å². The van der Waals surface area contributed by atoms with Gasteiger partial charge in [0.1, 0.15) is 6.10 Å². The number of likely N-dealkylation sites (tertiary alicyclic amines) is 1. The van der Waals surface area contributed by atoms with Gasteiger partial charge in [0, 0.05) is 19.7 Å². The molecule has 2 aliphatic rings. The fourth-order valence-corrected chi connectivity index (χ4v) is 2.62. The molecule has 0 aliphatic carbocycles. The molecule has 16 heavy (non-hydrogen) atoms. The predicted octanol–water partition coefficient (Wildman–Crippen LogP) is 2.06. The molecule has 2 atom stereocenters. The third-order valence-electron chi connectivity index (χ3n) is 4.42. The Balaban J connectivity index is 1.95. The fourth-order valence-electron chi connectivity index (χ4n) is 2.62. The second-order valence-electron chi connectivity index (χ2n) is 5.82. The molecule has 0 aromatic carbocycles. The highest BCUT2D eigenvalue weighted by molar-refractivity contribution is 5.81. The topological polar surface area (TPSA) is 29.5 Å². The molecule has 2 aliphatic heterocycles. The van der Waals surface area contributed by atoms with Crippen molar-refractivity contribution < 1.29 is 9.53 Å². The molecule has 92 valence electrons. The molecule has 0 N–H and O–H groups in total. The fraction of sp³-hybridized carbons (Fsp3) is 0.923. The second kappa shape index (κ2) is 4.36. The van der Waals surface area contributed by atoms with Crippen molar-refractivity contribution in [1.29, 1.82) is 0 Å². The van der Waals surface area contributed by atoms with E-state index in [0.29, 0.717) is 11.3 Å². The van der Waals surface area contributed by atoms with E-state index in [1.54, 1.807) is 0 Å². The zero-order valence-electron chi connectivity index (χ0n) is 10.7. The van der Waals surface area contributed by atoms with E-state index in [1.807, 2.05) is 4.90 Å². The van der Waals surface area contributed by atoms with Gasteiger partial charge in [0.25, 0.3) is 5.91 Å². The van der Waals surface area contributed by atoms with Crippen LogP contribution in [0.3, 0.4) is 0 Å². The van der Waals surface area contributed by atoms with Crippen molar-refractivity contribution in [2.24, 2.45) is 11.3 Å². The number of rotatable bonds is 2. The summed E-state index contributed by atoms with van der Waals surface area (Å²) in [6.07, 6.45) is 2.93. The van der Waals surface area contributed by atoms with Crippen molar-refractivity contribution in [3.63, 3.8) is 0 Å². The maximum atomic E-state index is 12.2. The first-order valence-corrected chi connectivity index (χ1v) is 6.43. The summed E-state index contributed by atoms with van der Waals surface area (Å²) in [5.41, 5.74) is 0.300. The van der Waals surface area contributed by atoms with Crippen molar-refractivity contribution in [2.45, 2.75) is 46.1 Å². The molecule has 2 rings (SSSR count).